The van der Waals surface area contributed by atoms with Crippen LogP contribution in [0.4, 0.5) is 0 Å². The van der Waals surface area contributed by atoms with Crippen LogP contribution >= 0.6 is 0 Å². The number of hydrogen-bond donors (Lipinski definition) is 2. The number of aliphatic hydroxyl groups excluding tert-OH is 1. The van der Waals surface area contributed by atoms with Crippen LogP contribution in [-0.4, -0.2) is 23.3 Å². The summed E-state index contributed by atoms with van der Waals surface area (Å²) in [4.78, 5) is 0. The minimum atomic E-state index is -0.0766. The van der Waals surface area contributed by atoms with Crippen molar-refractivity contribution in [2.24, 2.45) is 5.92 Å². The van der Waals surface area contributed by atoms with Crippen LogP contribution in [0.5, 0.6) is 0 Å². The maximum Gasteiger partial charge on any atom is 0.0610 e. The Labute approximate surface area is 101 Å². The molecule has 0 bridgehead atoms. The second-order valence-electron chi connectivity index (χ2n) is 5.90. The highest BCUT2D eigenvalue weighted by Gasteiger charge is 2.25. The van der Waals surface area contributed by atoms with Crippen molar-refractivity contribution in [3.8, 4) is 0 Å². The second-order valence-corrected chi connectivity index (χ2v) is 5.90. The Morgan fingerprint density at radius 2 is 2.00 bits per heavy atom. The molecular formula is C14H29NO. The van der Waals surface area contributed by atoms with Gasteiger partial charge in [0.25, 0.3) is 0 Å². The molecule has 0 radical (unpaired) electrons. The molecule has 16 heavy (non-hydrogen) atoms. The quantitative estimate of drug-likeness (QED) is 0.700. The van der Waals surface area contributed by atoms with Gasteiger partial charge >= 0.3 is 0 Å². The van der Waals surface area contributed by atoms with Gasteiger partial charge in [-0.05, 0) is 32.6 Å². The van der Waals surface area contributed by atoms with Crippen LogP contribution in [0.25, 0.3) is 0 Å². The normalized spacial score (nSPS) is 23.2. The minimum absolute atomic E-state index is 0.0766. The third kappa shape index (κ3) is 4.42. The molecule has 2 nitrogen and oxygen atoms in total. The van der Waals surface area contributed by atoms with Gasteiger partial charge in [-0.1, -0.05) is 39.0 Å². The summed E-state index contributed by atoms with van der Waals surface area (Å²) in [6.45, 7) is 6.83. The molecule has 2 heteroatoms. The molecule has 0 aromatic heterocycles. The van der Waals surface area contributed by atoms with Crippen molar-refractivity contribution in [3.05, 3.63) is 0 Å². The van der Waals surface area contributed by atoms with E-state index in [4.69, 9.17) is 0 Å². The van der Waals surface area contributed by atoms with Gasteiger partial charge in [0.1, 0.15) is 0 Å². The summed E-state index contributed by atoms with van der Waals surface area (Å²) < 4.78 is 0. The molecule has 0 amide bonds. The first-order valence-corrected chi connectivity index (χ1v) is 6.98. The molecular weight excluding hydrogens is 198 g/mol. The van der Waals surface area contributed by atoms with E-state index in [9.17, 15) is 5.11 Å². The van der Waals surface area contributed by atoms with E-state index >= 15 is 0 Å². The topological polar surface area (TPSA) is 32.3 Å². The highest BCUT2D eigenvalue weighted by atomic mass is 16.3. The summed E-state index contributed by atoms with van der Waals surface area (Å²) in [5.41, 5.74) is -0.0766. The lowest BCUT2D eigenvalue weighted by Crippen LogP contribution is -2.50. The van der Waals surface area contributed by atoms with Gasteiger partial charge in [0, 0.05) is 11.6 Å². The van der Waals surface area contributed by atoms with Crippen molar-refractivity contribution >= 4 is 0 Å². The van der Waals surface area contributed by atoms with Crippen molar-refractivity contribution in [2.75, 3.05) is 6.61 Å². The molecule has 1 saturated carbocycles. The molecule has 2 atom stereocenters. The zero-order valence-electron chi connectivity index (χ0n) is 11.3. The highest BCUT2D eigenvalue weighted by Crippen LogP contribution is 2.29. The molecule has 0 aromatic carbocycles. The lowest BCUT2D eigenvalue weighted by Gasteiger charge is -2.33. The van der Waals surface area contributed by atoms with Crippen molar-refractivity contribution in [1.29, 1.82) is 0 Å². The fourth-order valence-electron chi connectivity index (χ4n) is 3.15. The lowest BCUT2D eigenvalue weighted by molar-refractivity contribution is 0.148. The largest absolute Gasteiger partial charge is 0.394 e. The monoisotopic (exact) mass is 227 g/mol. The fourth-order valence-corrected chi connectivity index (χ4v) is 3.15. The van der Waals surface area contributed by atoms with Gasteiger partial charge < -0.3 is 10.4 Å². The van der Waals surface area contributed by atoms with Crippen molar-refractivity contribution in [2.45, 2.75) is 77.3 Å². The number of nitrogens with one attached hydrogen (secondary N) is 1. The first-order chi connectivity index (χ1) is 7.59. The van der Waals surface area contributed by atoms with Crippen LogP contribution in [0, 0.1) is 5.92 Å². The van der Waals surface area contributed by atoms with Crippen molar-refractivity contribution < 1.29 is 5.11 Å². The number of hydrogen-bond acceptors (Lipinski definition) is 2. The minimum Gasteiger partial charge on any atom is -0.394 e. The van der Waals surface area contributed by atoms with E-state index in [1.807, 2.05) is 0 Å². The van der Waals surface area contributed by atoms with Gasteiger partial charge in [0.05, 0.1) is 6.61 Å². The SMILES string of the molecule is CCCC(C)(CO)NC(C)CC1CCCC1. The van der Waals surface area contributed by atoms with Crippen molar-refractivity contribution in [1.82, 2.24) is 5.32 Å². The Bertz CT molecular complexity index is 189. The Kier molecular flexibility index (Phi) is 5.77. The first kappa shape index (κ1) is 14.0. The summed E-state index contributed by atoms with van der Waals surface area (Å²) in [6, 6.07) is 0.534. The van der Waals surface area contributed by atoms with E-state index in [1.54, 1.807) is 0 Å². The Morgan fingerprint density at radius 3 is 2.50 bits per heavy atom. The molecule has 2 N–H and O–H groups in total. The summed E-state index contributed by atoms with van der Waals surface area (Å²) >= 11 is 0. The van der Waals surface area contributed by atoms with Crippen molar-refractivity contribution in [3.63, 3.8) is 0 Å². The van der Waals surface area contributed by atoms with Gasteiger partial charge in [-0.25, -0.2) is 0 Å². The van der Waals surface area contributed by atoms with Crippen LogP contribution in [0.2, 0.25) is 0 Å². The average Bonchev–Trinajstić information content (AvgIpc) is 2.70. The molecule has 1 aliphatic rings. The van der Waals surface area contributed by atoms with Crippen LogP contribution in [-0.2, 0) is 0 Å². The average molecular weight is 227 g/mol. The van der Waals surface area contributed by atoms with Gasteiger partial charge in [-0.2, -0.15) is 0 Å². The Morgan fingerprint density at radius 1 is 1.38 bits per heavy atom. The molecule has 0 saturated heterocycles. The summed E-state index contributed by atoms with van der Waals surface area (Å²) in [5.74, 6) is 0.923. The van der Waals surface area contributed by atoms with Crippen LogP contribution in [0.15, 0.2) is 0 Å². The van der Waals surface area contributed by atoms with Gasteiger partial charge in [-0.15, -0.1) is 0 Å². The summed E-state index contributed by atoms with van der Waals surface area (Å²) in [5, 5.41) is 13.1. The maximum absolute atomic E-state index is 9.46. The molecule has 1 fully saturated rings. The van der Waals surface area contributed by atoms with Gasteiger partial charge in [0.15, 0.2) is 0 Å². The molecule has 1 aliphatic carbocycles. The molecule has 0 aliphatic heterocycles. The zero-order chi connectivity index (χ0) is 12.0. The second kappa shape index (κ2) is 6.61. The Balaban J connectivity index is 2.32. The van der Waals surface area contributed by atoms with Gasteiger partial charge in [-0.3, -0.25) is 0 Å². The van der Waals surface area contributed by atoms with E-state index in [2.05, 4.69) is 26.1 Å². The van der Waals surface area contributed by atoms with E-state index in [-0.39, 0.29) is 12.1 Å². The molecule has 0 spiro atoms. The van der Waals surface area contributed by atoms with Crippen LogP contribution in [0.3, 0.4) is 0 Å². The third-order valence-electron chi connectivity index (χ3n) is 3.91. The maximum atomic E-state index is 9.46. The van der Waals surface area contributed by atoms with E-state index in [1.165, 1.54) is 32.1 Å². The first-order valence-electron chi connectivity index (χ1n) is 6.98. The predicted molar refractivity (Wildman–Crippen MR) is 69.6 cm³/mol. The smallest absolute Gasteiger partial charge is 0.0610 e. The van der Waals surface area contributed by atoms with E-state index in [0.717, 1.165) is 18.8 Å². The van der Waals surface area contributed by atoms with E-state index < -0.39 is 0 Å². The Hall–Kier alpha value is -0.0800. The molecule has 0 heterocycles. The lowest BCUT2D eigenvalue weighted by atomic mass is 9.93. The predicted octanol–water partition coefficient (Wildman–Crippen LogP) is 3.10. The molecule has 96 valence electrons. The summed E-state index contributed by atoms with van der Waals surface area (Å²) in [7, 11) is 0. The zero-order valence-corrected chi connectivity index (χ0v) is 11.3. The fraction of sp³-hybridized carbons (Fsp3) is 1.00. The van der Waals surface area contributed by atoms with E-state index in [0.29, 0.717) is 6.04 Å². The number of rotatable bonds is 7. The van der Waals surface area contributed by atoms with Crippen LogP contribution < -0.4 is 5.32 Å². The standard InChI is InChI=1S/C14H29NO/c1-4-9-14(3,11-16)15-12(2)10-13-7-5-6-8-13/h12-13,15-16H,4-11H2,1-3H3. The number of aliphatic hydroxyl groups is 1. The highest BCUT2D eigenvalue weighted by molar-refractivity contribution is 4.85. The molecule has 2 unspecified atom stereocenters. The molecule has 0 aromatic rings. The van der Waals surface area contributed by atoms with Crippen LogP contribution in [0.1, 0.15) is 65.7 Å². The molecule has 1 rings (SSSR count). The van der Waals surface area contributed by atoms with Gasteiger partial charge in [0.2, 0.25) is 0 Å². The third-order valence-corrected chi connectivity index (χ3v) is 3.91. The summed E-state index contributed by atoms with van der Waals surface area (Å²) in [6.07, 6.45) is 9.12.